The molecule has 0 spiro atoms. The fourth-order valence-corrected chi connectivity index (χ4v) is 4.91. The van der Waals surface area contributed by atoms with Crippen molar-refractivity contribution >= 4 is 21.7 Å². The normalized spacial score (nSPS) is 16.2. The number of nitrogens with one attached hydrogen (secondary N) is 1. The summed E-state index contributed by atoms with van der Waals surface area (Å²) in [5.41, 5.74) is 1.36. The van der Waals surface area contributed by atoms with Gasteiger partial charge in [-0.05, 0) is 78.4 Å². The van der Waals surface area contributed by atoms with Crippen LogP contribution >= 0.6 is 0 Å². The van der Waals surface area contributed by atoms with E-state index in [1.165, 1.54) is 0 Å². The minimum Gasteiger partial charge on any atom is -0.494 e. The molecule has 0 saturated carbocycles. The zero-order valence-electron chi connectivity index (χ0n) is 19.9. The SMILES string of the molecule is CCCOc1ccc2cc(C3(O)CCN(CCCOc4cccc5[nH]ccc45)CC3)ccc2c1. The molecule has 5 rings (SSSR count). The van der Waals surface area contributed by atoms with Gasteiger partial charge in [-0.1, -0.05) is 31.2 Å². The van der Waals surface area contributed by atoms with E-state index in [1.807, 2.05) is 24.4 Å². The summed E-state index contributed by atoms with van der Waals surface area (Å²) in [6.45, 7) is 6.31. The van der Waals surface area contributed by atoms with Crippen molar-refractivity contribution in [3.05, 3.63) is 72.4 Å². The van der Waals surface area contributed by atoms with E-state index in [-0.39, 0.29) is 0 Å². The molecular weight excluding hydrogens is 424 g/mol. The standard InChI is InChI=1S/C29H34N2O3/c1-2-18-33-25-10-8-22-20-24(9-7-23(22)21-25)29(32)12-16-31(17-13-29)15-4-19-34-28-6-3-5-27-26(28)11-14-30-27/h3,5-11,14,20-21,30,32H,2,4,12-13,15-19H2,1H3. The summed E-state index contributed by atoms with van der Waals surface area (Å²) in [7, 11) is 0. The summed E-state index contributed by atoms with van der Waals surface area (Å²) in [6.07, 6.45) is 5.41. The molecule has 5 heteroatoms. The van der Waals surface area contributed by atoms with Crippen LogP contribution in [0.15, 0.2) is 66.9 Å². The van der Waals surface area contributed by atoms with Gasteiger partial charge in [0.05, 0.1) is 18.8 Å². The van der Waals surface area contributed by atoms with E-state index < -0.39 is 5.60 Å². The van der Waals surface area contributed by atoms with Gasteiger partial charge >= 0.3 is 0 Å². The van der Waals surface area contributed by atoms with Gasteiger partial charge in [-0.3, -0.25) is 0 Å². The van der Waals surface area contributed by atoms with Crippen molar-refractivity contribution in [2.24, 2.45) is 0 Å². The van der Waals surface area contributed by atoms with Gasteiger partial charge in [0.25, 0.3) is 0 Å². The Morgan fingerprint density at radius 2 is 1.76 bits per heavy atom. The number of hydrogen-bond acceptors (Lipinski definition) is 4. The van der Waals surface area contributed by atoms with Gasteiger partial charge in [-0.25, -0.2) is 0 Å². The first-order valence-electron chi connectivity index (χ1n) is 12.5. The first kappa shape index (κ1) is 22.8. The molecule has 0 unspecified atom stereocenters. The number of ether oxygens (including phenoxy) is 2. The molecule has 0 atom stereocenters. The molecule has 0 bridgehead atoms. The quantitative estimate of drug-likeness (QED) is 0.308. The number of aromatic nitrogens is 1. The molecule has 1 aliphatic heterocycles. The van der Waals surface area contributed by atoms with Crippen LogP contribution in [0.5, 0.6) is 11.5 Å². The average Bonchev–Trinajstić information content (AvgIpc) is 3.36. The van der Waals surface area contributed by atoms with Crippen LogP contribution in [0.1, 0.15) is 38.2 Å². The monoisotopic (exact) mass is 458 g/mol. The summed E-state index contributed by atoms with van der Waals surface area (Å²) in [5, 5.41) is 14.8. The van der Waals surface area contributed by atoms with E-state index in [2.05, 4.69) is 59.3 Å². The summed E-state index contributed by atoms with van der Waals surface area (Å²) in [4.78, 5) is 5.66. The predicted molar refractivity (Wildman–Crippen MR) is 138 cm³/mol. The van der Waals surface area contributed by atoms with Gasteiger partial charge in [0.15, 0.2) is 0 Å². The number of H-pyrrole nitrogens is 1. The molecule has 0 amide bonds. The second-order valence-electron chi connectivity index (χ2n) is 9.34. The number of aliphatic hydroxyl groups is 1. The molecule has 178 valence electrons. The second-order valence-corrected chi connectivity index (χ2v) is 9.34. The lowest BCUT2D eigenvalue weighted by Gasteiger charge is -2.38. The maximum atomic E-state index is 11.4. The number of hydrogen-bond donors (Lipinski definition) is 2. The van der Waals surface area contributed by atoms with Gasteiger partial charge in [-0.2, -0.15) is 0 Å². The molecule has 4 aromatic rings. The number of fused-ring (bicyclic) bond motifs is 2. The van der Waals surface area contributed by atoms with Gasteiger partial charge in [0.1, 0.15) is 11.5 Å². The Kier molecular flexibility index (Phi) is 6.75. The van der Waals surface area contributed by atoms with E-state index in [4.69, 9.17) is 9.47 Å². The van der Waals surface area contributed by atoms with Crippen LogP contribution in [-0.2, 0) is 5.60 Å². The van der Waals surface area contributed by atoms with Gasteiger partial charge in [-0.15, -0.1) is 0 Å². The molecule has 2 N–H and O–H groups in total. The van der Waals surface area contributed by atoms with E-state index in [1.54, 1.807) is 0 Å². The molecule has 5 nitrogen and oxygen atoms in total. The zero-order chi connectivity index (χ0) is 23.4. The van der Waals surface area contributed by atoms with Crippen molar-refractivity contribution in [1.82, 2.24) is 9.88 Å². The topological polar surface area (TPSA) is 57.7 Å². The third kappa shape index (κ3) is 4.91. The van der Waals surface area contributed by atoms with E-state index >= 15 is 0 Å². The van der Waals surface area contributed by atoms with Crippen molar-refractivity contribution in [2.45, 2.75) is 38.2 Å². The maximum Gasteiger partial charge on any atom is 0.128 e. The van der Waals surface area contributed by atoms with Gasteiger partial charge in [0, 0.05) is 36.7 Å². The van der Waals surface area contributed by atoms with Crippen LogP contribution in [0.25, 0.3) is 21.7 Å². The van der Waals surface area contributed by atoms with Gasteiger partial charge in [0.2, 0.25) is 0 Å². The third-order valence-corrected chi connectivity index (χ3v) is 6.94. The predicted octanol–water partition coefficient (Wildman–Crippen LogP) is 5.86. The zero-order valence-corrected chi connectivity index (χ0v) is 19.9. The largest absolute Gasteiger partial charge is 0.494 e. The van der Waals surface area contributed by atoms with Crippen molar-refractivity contribution in [3.63, 3.8) is 0 Å². The number of aromatic amines is 1. The van der Waals surface area contributed by atoms with Crippen molar-refractivity contribution in [3.8, 4) is 11.5 Å². The Labute approximate surface area is 201 Å². The lowest BCUT2D eigenvalue weighted by atomic mass is 9.83. The Bertz CT molecular complexity index is 1240. The highest BCUT2D eigenvalue weighted by atomic mass is 16.5. The van der Waals surface area contributed by atoms with Crippen LogP contribution < -0.4 is 9.47 Å². The van der Waals surface area contributed by atoms with E-state index in [0.717, 1.165) is 90.7 Å². The van der Waals surface area contributed by atoms with E-state index in [0.29, 0.717) is 6.61 Å². The maximum absolute atomic E-state index is 11.4. The second kappa shape index (κ2) is 10.1. The minimum atomic E-state index is -0.761. The van der Waals surface area contributed by atoms with Crippen LogP contribution in [0, 0.1) is 0 Å². The fraction of sp³-hybridized carbons (Fsp3) is 0.379. The number of nitrogens with zero attached hydrogens (tertiary/aromatic N) is 1. The minimum absolute atomic E-state index is 0.694. The molecule has 1 saturated heterocycles. The third-order valence-electron chi connectivity index (χ3n) is 6.94. The summed E-state index contributed by atoms with van der Waals surface area (Å²) in [6, 6.07) is 20.7. The molecule has 1 fully saturated rings. The molecule has 1 aromatic heterocycles. The summed E-state index contributed by atoms with van der Waals surface area (Å²) in [5.74, 6) is 1.84. The Balaban J connectivity index is 1.13. The lowest BCUT2D eigenvalue weighted by molar-refractivity contribution is -0.0263. The number of benzene rings is 3. The molecule has 0 radical (unpaired) electrons. The molecule has 3 aromatic carbocycles. The molecule has 0 aliphatic carbocycles. The Morgan fingerprint density at radius 1 is 0.941 bits per heavy atom. The molecule has 1 aliphatic rings. The van der Waals surface area contributed by atoms with Crippen LogP contribution in [0.3, 0.4) is 0 Å². The van der Waals surface area contributed by atoms with Crippen molar-refractivity contribution in [1.29, 1.82) is 0 Å². The summed E-state index contributed by atoms with van der Waals surface area (Å²) >= 11 is 0. The first-order valence-corrected chi connectivity index (χ1v) is 12.5. The highest BCUT2D eigenvalue weighted by Crippen LogP contribution is 2.35. The van der Waals surface area contributed by atoms with Crippen LogP contribution in [0.2, 0.25) is 0 Å². The van der Waals surface area contributed by atoms with Crippen LogP contribution in [0.4, 0.5) is 0 Å². The van der Waals surface area contributed by atoms with E-state index in [9.17, 15) is 5.11 Å². The highest BCUT2D eigenvalue weighted by molar-refractivity contribution is 5.86. The molecule has 2 heterocycles. The van der Waals surface area contributed by atoms with Crippen molar-refractivity contribution < 1.29 is 14.6 Å². The fourth-order valence-electron chi connectivity index (χ4n) is 4.91. The highest BCUT2D eigenvalue weighted by Gasteiger charge is 2.33. The Morgan fingerprint density at radius 3 is 2.62 bits per heavy atom. The lowest BCUT2D eigenvalue weighted by Crippen LogP contribution is -2.43. The number of piperidine rings is 1. The smallest absolute Gasteiger partial charge is 0.128 e. The molecular formula is C29H34N2O3. The van der Waals surface area contributed by atoms with Crippen molar-refractivity contribution in [2.75, 3.05) is 32.8 Å². The van der Waals surface area contributed by atoms with Gasteiger partial charge < -0.3 is 24.5 Å². The number of likely N-dealkylation sites (tertiary alicyclic amines) is 1. The Hall–Kier alpha value is -3.02. The first-order chi connectivity index (χ1) is 16.6. The average molecular weight is 459 g/mol. The summed E-state index contributed by atoms with van der Waals surface area (Å²) < 4.78 is 11.8. The number of rotatable bonds is 9. The molecule has 34 heavy (non-hydrogen) atoms. The van der Waals surface area contributed by atoms with Crippen LogP contribution in [-0.4, -0.2) is 47.8 Å².